The van der Waals surface area contributed by atoms with Gasteiger partial charge in [0.25, 0.3) is 10.0 Å². The van der Waals surface area contributed by atoms with E-state index in [1.807, 2.05) is 0 Å². The predicted molar refractivity (Wildman–Crippen MR) is 84.3 cm³/mol. The van der Waals surface area contributed by atoms with E-state index in [2.05, 4.69) is 19.8 Å². The molecule has 0 saturated carbocycles. The van der Waals surface area contributed by atoms with E-state index in [0.717, 1.165) is 0 Å². The quantitative estimate of drug-likeness (QED) is 0.789. The number of aromatic nitrogens is 3. The van der Waals surface area contributed by atoms with Crippen LogP contribution in [0.5, 0.6) is 0 Å². The second kappa shape index (κ2) is 5.81. The number of hydrogen-bond donors (Lipinski definition) is 1. The molecule has 2 heterocycles. The molecule has 0 amide bonds. The average Bonchev–Trinajstić information content (AvgIpc) is 2.87. The molecule has 0 radical (unpaired) electrons. The fraction of sp³-hybridized carbons (Fsp3) is 0.133. The van der Waals surface area contributed by atoms with Crippen molar-refractivity contribution in [1.29, 1.82) is 0 Å². The highest BCUT2D eigenvalue weighted by Crippen LogP contribution is 2.27. The average molecular weight is 330 g/mol. The van der Waals surface area contributed by atoms with Crippen LogP contribution in [0.3, 0.4) is 0 Å². The van der Waals surface area contributed by atoms with Crippen LogP contribution in [0.25, 0.3) is 11.4 Å². The van der Waals surface area contributed by atoms with Gasteiger partial charge >= 0.3 is 0 Å². The summed E-state index contributed by atoms with van der Waals surface area (Å²) in [4.78, 5) is 8.29. The standard InChI is InChI=1S/C15H14N4O3S/c1-10-11(2)18-22-15(10)19-23(20,21)13-7-4-3-6-12(13)14-16-8-5-9-17-14/h3-9,19H,1-2H3. The van der Waals surface area contributed by atoms with Crippen molar-refractivity contribution in [3.63, 3.8) is 0 Å². The molecule has 23 heavy (non-hydrogen) atoms. The summed E-state index contributed by atoms with van der Waals surface area (Å²) < 4.78 is 32.9. The number of nitrogens with zero attached hydrogens (tertiary/aromatic N) is 3. The normalized spacial score (nSPS) is 11.4. The molecule has 3 rings (SSSR count). The van der Waals surface area contributed by atoms with E-state index in [0.29, 0.717) is 22.6 Å². The Bertz CT molecular complexity index is 936. The number of rotatable bonds is 4. The van der Waals surface area contributed by atoms with E-state index in [1.165, 1.54) is 6.07 Å². The van der Waals surface area contributed by atoms with E-state index >= 15 is 0 Å². The number of sulfonamides is 1. The highest BCUT2D eigenvalue weighted by molar-refractivity contribution is 7.92. The second-order valence-electron chi connectivity index (χ2n) is 4.90. The molecule has 0 bridgehead atoms. The van der Waals surface area contributed by atoms with Gasteiger partial charge in [0.2, 0.25) is 5.88 Å². The molecular formula is C15H14N4O3S. The van der Waals surface area contributed by atoms with Gasteiger partial charge in [-0.25, -0.2) is 23.1 Å². The minimum atomic E-state index is -3.87. The first-order valence-corrected chi connectivity index (χ1v) is 8.29. The second-order valence-corrected chi connectivity index (χ2v) is 6.55. The third-order valence-electron chi connectivity index (χ3n) is 3.37. The molecular weight excluding hydrogens is 316 g/mol. The van der Waals surface area contributed by atoms with E-state index in [1.54, 1.807) is 50.5 Å². The maximum absolute atomic E-state index is 12.7. The summed E-state index contributed by atoms with van der Waals surface area (Å²) in [5.41, 5.74) is 1.68. The summed E-state index contributed by atoms with van der Waals surface area (Å²) in [6.07, 6.45) is 3.12. The maximum Gasteiger partial charge on any atom is 0.264 e. The number of benzene rings is 1. The van der Waals surface area contributed by atoms with Gasteiger partial charge in [-0.1, -0.05) is 17.3 Å². The van der Waals surface area contributed by atoms with Crippen LogP contribution < -0.4 is 4.72 Å². The number of anilines is 1. The minimum Gasteiger partial charge on any atom is -0.337 e. The summed E-state index contributed by atoms with van der Waals surface area (Å²) in [5, 5.41) is 3.75. The molecule has 0 fully saturated rings. The Morgan fingerprint density at radius 2 is 1.74 bits per heavy atom. The van der Waals surface area contributed by atoms with Crippen molar-refractivity contribution >= 4 is 15.9 Å². The maximum atomic E-state index is 12.7. The molecule has 0 atom stereocenters. The van der Waals surface area contributed by atoms with Crippen molar-refractivity contribution in [2.24, 2.45) is 0 Å². The Morgan fingerprint density at radius 1 is 1.04 bits per heavy atom. The van der Waals surface area contributed by atoms with Crippen LogP contribution in [-0.2, 0) is 10.0 Å². The number of nitrogens with one attached hydrogen (secondary N) is 1. The molecule has 0 spiro atoms. The Hall–Kier alpha value is -2.74. The van der Waals surface area contributed by atoms with Gasteiger partial charge < -0.3 is 4.52 Å². The first kappa shape index (κ1) is 15.2. The number of hydrogen-bond acceptors (Lipinski definition) is 6. The zero-order chi connectivity index (χ0) is 16.4. The lowest BCUT2D eigenvalue weighted by molar-refractivity contribution is 0.430. The van der Waals surface area contributed by atoms with Gasteiger partial charge in [0.15, 0.2) is 5.82 Å². The molecule has 1 N–H and O–H groups in total. The SMILES string of the molecule is Cc1noc(NS(=O)(=O)c2ccccc2-c2ncccn2)c1C. The molecule has 8 heteroatoms. The number of aryl methyl sites for hydroxylation is 1. The van der Waals surface area contributed by atoms with Crippen molar-refractivity contribution in [3.05, 3.63) is 54.0 Å². The van der Waals surface area contributed by atoms with Crippen molar-refractivity contribution in [1.82, 2.24) is 15.1 Å². The van der Waals surface area contributed by atoms with Crippen LogP contribution in [0.2, 0.25) is 0 Å². The van der Waals surface area contributed by atoms with Gasteiger partial charge in [-0.15, -0.1) is 0 Å². The third kappa shape index (κ3) is 2.93. The first-order chi connectivity index (χ1) is 11.0. The fourth-order valence-electron chi connectivity index (χ4n) is 2.01. The summed E-state index contributed by atoms with van der Waals surface area (Å²) in [6.45, 7) is 3.47. The van der Waals surface area contributed by atoms with Crippen LogP contribution in [0.1, 0.15) is 11.3 Å². The van der Waals surface area contributed by atoms with Crippen LogP contribution in [-0.4, -0.2) is 23.5 Å². The lowest BCUT2D eigenvalue weighted by atomic mass is 10.2. The van der Waals surface area contributed by atoms with Crippen LogP contribution >= 0.6 is 0 Å². The monoisotopic (exact) mass is 330 g/mol. The zero-order valence-electron chi connectivity index (χ0n) is 12.5. The van der Waals surface area contributed by atoms with Gasteiger partial charge in [0, 0.05) is 23.5 Å². The van der Waals surface area contributed by atoms with Crippen LogP contribution in [0.15, 0.2) is 52.1 Å². The van der Waals surface area contributed by atoms with Gasteiger partial charge in [0.1, 0.15) is 0 Å². The van der Waals surface area contributed by atoms with Crippen molar-refractivity contribution in [2.45, 2.75) is 18.7 Å². The van der Waals surface area contributed by atoms with Crippen molar-refractivity contribution in [2.75, 3.05) is 4.72 Å². The summed E-state index contributed by atoms with van der Waals surface area (Å²) in [5.74, 6) is 0.435. The van der Waals surface area contributed by atoms with Crippen molar-refractivity contribution in [3.8, 4) is 11.4 Å². The van der Waals surface area contributed by atoms with Gasteiger partial charge in [-0.2, -0.15) is 0 Å². The van der Waals surface area contributed by atoms with E-state index in [4.69, 9.17) is 4.52 Å². The summed E-state index contributed by atoms with van der Waals surface area (Å²) >= 11 is 0. The molecule has 1 aromatic carbocycles. The lowest BCUT2D eigenvalue weighted by Gasteiger charge is -2.10. The van der Waals surface area contributed by atoms with E-state index in [9.17, 15) is 8.42 Å². The Balaban J connectivity index is 2.06. The highest BCUT2D eigenvalue weighted by Gasteiger charge is 2.23. The van der Waals surface area contributed by atoms with Crippen molar-refractivity contribution < 1.29 is 12.9 Å². The Kier molecular flexibility index (Phi) is 3.83. The Morgan fingerprint density at radius 3 is 2.39 bits per heavy atom. The van der Waals surface area contributed by atoms with Gasteiger partial charge in [-0.05, 0) is 32.0 Å². The molecule has 2 aromatic heterocycles. The van der Waals surface area contributed by atoms with Gasteiger partial charge in [0.05, 0.1) is 10.6 Å². The molecule has 0 aliphatic rings. The molecule has 0 aliphatic carbocycles. The van der Waals surface area contributed by atoms with E-state index < -0.39 is 10.0 Å². The van der Waals surface area contributed by atoms with Gasteiger partial charge in [-0.3, -0.25) is 0 Å². The predicted octanol–water partition coefficient (Wildman–Crippen LogP) is 2.55. The largest absolute Gasteiger partial charge is 0.337 e. The fourth-order valence-corrected chi connectivity index (χ4v) is 3.26. The zero-order valence-corrected chi connectivity index (χ0v) is 13.3. The minimum absolute atomic E-state index is 0.0691. The summed E-state index contributed by atoms with van der Waals surface area (Å²) in [6, 6.07) is 8.18. The molecule has 0 unspecified atom stereocenters. The smallest absolute Gasteiger partial charge is 0.264 e. The Labute approximate surface area is 133 Å². The van der Waals surface area contributed by atoms with Crippen LogP contribution in [0.4, 0.5) is 5.88 Å². The third-order valence-corrected chi connectivity index (χ3v) is 4.76. The van der Waals surface area contributed by atoms with Crippen LogP contribution in [0, 0.1) is 13.8 Å². The first-order valence-electron chi connectivity index (χ1n) is 6.81. The molecule has 3 aromatic rings. The lowest BCUT2D eigenvalue weighted by Crippen LogP contribution is -2.14. The molecule has 7 nitrogen and oxygen atoms in total. The molecule has 0 aliphatic heterocycles. The highest BCUT2D eigenvalue weighted by atomic mass is 32.2. The van der Waals surface area contributed by atoms with E-state index in [-0.39, 0.29) is 10.8 Å². The summed E-state index contributed by atoms with van der Waals surface area (Å²) in [7, 11) is -3.87. The topological polar surface area (TPSA) is 98.0 Å². The molecule has 0 saturated heterocycles. The molecule has 118 valence electrons.